The molecule has 0 aliphatic heterocycles. The molecule has 0 radical (unpaired) electrons. The average molecular weight is 427 g/mol. The predicted molar refractivity (Wildman–Crippen MR) is 118 cm³/mol. The van der Waals surface area contributed by atoms with Gasteiger partial charge in [-0.3, -0.25) is 4.79 Å². The molecule has 0 spiro atoms. The van der Waals surface area contributed by atoms with Crippen LogP contribution in [0.4, 0.5) is 5.69 Å². The maximum absolute atomic E-state index is 12.4. The summed E-state index contributed by atoms with van der Waals surface area (Å²) in [6.45, 7) is 5.93. The molecule has 158 valence electrons. The van der Waals surface area contributed by atoms with E-state index in [1.807, 2.05) is 74.9 Å². The van der Waals surface area contributed by atoms with Gasteiger partial charge >= 0.3 is 0 Å². The summed E-state index contributed by atoms with van der Waals surface area (Å²) in [7, 11) is 3.48. The van der Waals surface area contributed by atoms with Gasteiger partial charge in [0.1, 0.15) is 11.5 Å². The summed E-state index contributed by atoms with van der Waals surface area (Å²) in [6.07, 6.45) is -0.312. The minimum atomic E-state index is -0.312. The van der Waals surface area contributed by atoms with Gasteiger partial charge in [-0.25, -0.2) is 0 Å². The quantitative estimate of drug-likeness (QED) is 0.541. The fourth-order valence-corrected chi connectivity index (χ4v) is 3.66. The van der Waals surface area contributed by atoms with Crippen LogP contribution in [0.15, 0.2) is 47.6 Å². The average Bonchev–Trinajstić information content (AvgIpc) is 3.10. The number of aryl methyl sites for hydroxylation is 1. The van der Waals surface area contributed by atoms with E-state index < -0.39 is 0 Å². The summed E-state index contributed by atoms with van der Waals surface area (Å²) in [5.41, 5.74) is 3.04. The topological polar surface area (TPSA) is 78.3 Å². The minimum absolute atomic E-state index is 0.0843. The molecule has 8 heteroatoms. The molecular formula is C22H26N4O3S. The van der Waals surface area contributed by atoms with Crippen molar-refractivity contribution in [3.63, 3.8) is 0 Å². The highest BCUT2D eigenvalue weighted by Gasteiger charge is 2.18. The van der Waals surface area contributed by atoms with E-state index >= 15 is 0 Å². The van der Waals surface area contributed by atoms with Crippen molar-refractivity contribution in [3.8, 4) is 11.5 Å². The molecule has 0 bridgehead atoms. The Hall–Kier alpha value is -3.00. The fourth-order valence-electron chi connectivity index (χ4n) is 2.94. The lowest BCUT2D eigenvalue weighted by molar-refractivity contribution is -0.113. The van der Waals surface area contributed by atoms with Crippen molar-refractivity contribution >= 4 is 23.4 Å². The number of rotatable bonds is 8. The SMILES string of the molecule is COc1cccc(OC(C)c2nnc(SCC(=O)Nc3cccc(C)c3C)n2C)c1. The second-order valence-electron chi connectivity index (χ2n) is 6.92. The first-order valence-corrected chi connectivity index (χ1v) is 10.6. The molecular weight excluding hydrogens is 400 g/mol. The molecule has 0 aliphatic rings. The zero-order chi connectivity index (χ0) is 21.7. The third-order valence-corrected chi connectivity index (χ3v) is 5.82. The van der Waals surface area contributed by atoms with Crippen LogP contribution in [0.3, 0.4) is 0 Å². The van der Waals surface area contributed by atoms with E-state index in [1.54, 1.807) is 7.11 Å². The molecule has 0 aliphatic carbocycles. The van der Waals surface area contributed by atoms with Crippen LogP contribution in [0.5, 0.6) is 11.5 Å². The molecule has 0 fully saturated rings. The van der Waals surface area contributed by atoms with Crippen LogP contribution >= 0.6 is 11.8 Å². The van der Waals surface area contributed by atoms with Crippen molar-refractivity contribution in [2.24, 2.45) is 7.05 Å². The van der Waals surface area contributed by atoms with Crippen LogP contribution in [0.2, 0.25) is 0 Å². The van der Waals surface area contributed by atoms with Gasteiger partial charge in [0, 0.05) is 18.8 Å². The van der Waals surface area contributed by atoms with E-state index in [9.17, 15) is 4.79 Å². The molecule has 7 nitrogen and oxygen atoms in total. The maximum Gasteiger partial charge on any atom is 0.234 e. The van der Waals surface area contributed by atoms with E-state index in [4.69, 9.17) is 9.47 Å². The van der Waals surface area contributed by atoms with Crippen LogP contribution in [0.25, 0.3) is 0 Å². The van der Waals surface area contributed by atoms with Gasteiger partial charge in [-0.05, 0) is 50.1 Å². The van der Waals surface area contributed by atoms with Crippen LogP contribution in [0, 0.1) is 13.8 Å². The van der Waals surface area contributed by atoms with Crippen LogP contribution < -0.4 is 14.8 Å². The van der Waals surface area contributed by atoms with Crippen LogP contribution in [-0.4, -0.2) is 33.5 Å². The summed E-state index contributed by atoms with van der Waals surface area (Å²) in [6, 6.07) is 13.3. The van der Waals surface area contributed by atoms with E-state index in [0.717, 1.165) is 22.6 Å². The fraction of sp³-hybridized carbons (Fsp3) is 0.318. The van der Waals surface area contributed by atoms with E-state index in [1.165, 1.54) is 11.8 Å². The number of methoxy groups -OCH3 is 1. The van der Waals surface area contributed by atoms with E-state index in [2.05, 4.69) is 15.5 Å². The lowest BCUT2D eigenvalue weighted by atomic mass is 10.1. The van der Waals surface area contributed by atoms with Gasteiger partial charge in [-0.1, -0.05) is 30.0 Å². The highest BCUT2D eigenvalue weighted by molar-refractivity contribution is 7.99. The van der Waals surface area contributed by atoms with Gasteiger partial charge in [0.05, 0.1) is 12.9 Å². The van der Waals surface area contributed by atoms with Gasteiger partial charge in [-0.2, -0.15) is 0 Å². The first kappa shape index (κ1) is 21.7. The first-order chi connectivity index (χ1) is 14.4. The molecule has 1 atom stereocenters. The largest absolute Gasteiger partial charge is 0.497 e. The Kier molecular flexibility index (Phi) is 6.99. The number of nitrogens with one attached hydrogen (secondary N) is 1. The minimum Gasteiger partial charge on any atom is -0.497 e. The highest BCUT2D eigenvalue weighted by Crippen LogP contribution is 2.26. The summed E-state index contributed by atoms with van der Waals surface area (Å²) in [5, 5.41) is 12.1. The Labute approximate surface area is 180 Å². The summed E-state index contributed by atoms with van der Waals surface area (Å²) >= 11 is 1.34. The maximum atomic E-state index is 12.4. The molecule has 1 N–H and O–H groups in total. The lowest BCUT2D eigenvalue weighted by Crippen LogP contribution is -2.15. The summed E-state index contributed by atoms with van der Waals surface area (Å²) < 4.78 is 13.0. The molecule has 0 saturated heterocycles. The summed E-state index contributed by atoms with van der Waals surface area (Å²) in [4.78, 5) is 12.4. The standard InChI is InChI=1S/C22H26N4O3S/c1-14-8-6-11-19(15(14)2)23-20(27)13-30-22-25-24-21(26(22)4)16(3)29-18-10-7-9-17(12-18)28-5/h6-12,16H,13H2,1-5H3,(H,23,27). The predicted octanol–water partition coefficient (Wildman–Crippen LogP) is 4.31. The molecule has 1 amide bonds. The number of nitrogens with zero attached hydrogens (tertiary/aromatic N) is 3. The molecule has 2 aromatic carbocycles. The highest BCUT2D eigenvalue weighted by atomic mass is 32.2. The number of anilines is 1. The zero-order valence-electron chi connectivity index (χ0n) is 17.8. The van der Waals surface area contributed by atoms with Crippen molar-refractivity contribution in [2.45, 2.75) is 32.0 Å². The molecule has 1 aromatic heterocycles. The Bertz CT molecular complexity index is 1030. The Balaban J connectivity index is 1.60. The van der Waals surface area contributed by atoms with E-state index in [-0.39, 0.29) is 17.8 Å². The van der Waals surface area contributed by atoms with Gasteiger partial charge < -0.3 is 19.4 Å². The normalized spacial score (nSPS) is 11.8. The molecule has 30 heavy (non-hydrogen) atoms. The van der Waals surface area contributed by atoms with E-state index in [0.29, 0.717) is 16.7 Å². The van der Waals surface area contributed by atoms with Crippen molar-refractivity contribution in [3.05, 3.63) is 59.4 Å². The third-order valence-electron chi connectivity index (χ3n) is 4.80. The number of amides is 1. The van der Waals surface area contributed by atoms with Crippen LogP contribution in [0.1, 0.15) is 30.0 Å². The number of aromatic nitrogens is 3. The monoisotopic (exact) mass is 426 g/mol. The number of hydrogen-bond donors (Lipinski definition) is 1. The number of carbonyl (C=O) groups excluding carboxylic acids is 1. The third kappa shape index (κ3) is 5.13. The second kappa shape index (κ2) is 9.67. The lowest BCUT2D eigenvalue weighted by Gasteiger charge is -2.15. The zero-order valence-corrected chi connectivity index (χ0v) is 18.6. The van der Waals surface area contributed by atoms with Gasteiger partial charge in [0.15, 0.2) is 17.1 Å². The Morgan fingerprint density at radius 1 is 1.17 bits per heavy atom. The first-order valence-electron chi connectivity index (χ1n) is 9.58. The van der Waals surface area contributed by atoms with Gasteiger partial charge in [-0.15, -0.1) is 10.2 Å². The Morgan fingerprint density at radius 2 is 1.90 bits per heavy atom. The number of ether oxygens (including phenoxy) is 2. The summed E-state index contributed by atoms with van der Waals surface area (Å²) in [5.74, 6) is 2.25. The molecule has 3 aromatic rings. The second-order valence-corrected chi connectivity index (χ2v) is 7.87. The number of hydrogen-bond acceptors (Lipinski definition) is 6. The van der Waals surface area contributed by atoms with Crippen LogP contribution in [-0.2, 0) is 11.8 Å². The number of thioether (sulfide) groups is 1. The van der Waals surface area contributed by atoms with Crippen molar-refractivity contribution < 1.29 is 14.3 Å². The Morgan fingerprint density at radius 3 is 2.67 bits per heavy atom. The van der Waals surface area contributed by atoms with Crippen molar-refractivity contribution in [1.29, 1.82) is 0 Å². The molecule has 1 unspecified atom stereocenters. The number of carbonyl (C=O) groups is 1. The molecule has 3 rings (SSSR count). The van der Waals surface area contributed by atoms with Crippen molar-refractivity contribution in [2.75, 3.05) is 18.2 Å². The molecule has 0 saturated carbocycles. The number of benzene rings is 2. The van der Waals surface area contributed by atoms with Crippen molar-refractivity contribution in [1.82, 2.24) is 14.8 Å². The molecule has 1 heterocycles. The van der Waals surface area contributed by atoms with Gasteiger partial charge in [0.2, 0.25) is 5.91 Å². The smallest absolute Gasteiger partial charge is 0.234 e. The van der Waals surface area contributed by atoms with Gasteiger partial charge in [0.25, 0.3) is 0 Å².